The molecule has 0 radical (unpaired) electrons. The van der Waals surface area contributed by atoms with Gasteiger partial charge in [-0.2, -0.15) is 0 Å². The largest absolute Gasteiger partial charge is 0.502 e. The van der Waals surface area contributed by atoms with E-state index in [0.29, 0.717) is 18.7 Å². The first-order valence-electron chi connectivity index (χ1n) is 10.7. The summed E-state index contributed by atoms with van der Waals surface area (Å²) >= 11 is 0. The van der Waals surface area contributed by atoms with E-state index in [-0.39, 0.29) is 18.1 Å². The van der Waals surface area contributed by atoms with Crippen molar-refractivity contribution < 1.29 is 19.0 Å². The second kappa shape index (κ2) is 7.31. The fraction of sp³-hybridized carbons (Fsp3) is 0.200. The van der Waals surface area contributed by atoms with Crippen LogP contribution < -0.4 is 10.4 Å². The van der Waals surface area contributed by atoms with Crippen molar-refractivity contribution in [2.45, 2.75) is 12.2 Å². The second-order valence-corrected chi connectivity index (χ2v) is 8.29. The fourth-order valence-corrected chi connectivity index (χ4v) is 5.01. The summed E-state index contributed by atoms with van der Waals surface area (Å²) in [5, 5.41) is 12.5. The lowest BCUT2D eigenvalue weighted by Gasteiger charge is -2.51. The Kier molecular flexibility index (Phi) is 4.38. The standard InChI is InChI=1S/C25H20FN3O4/c26-17-7-8-19-16(13-17)6-5-15-3-1-2-4-18(15)22(19)29-21-14-33-12-11-27(21)25(32)23-24(31)20(30)9-10-28(23)29/h1-10,13,21-22,31H,11-12,14H2/t21-,22-/m1/s1. The Morgan fingerprint density at radius 2 is 1.79 bits per heavy atom. The molecule has 33 heavy (non-hydrogen) atoms. The average molecular weight is 445 g/mol. The van der Waals surface area contributed by atoms with Crippen LogP contribution in [0.4, 0.5) is 4.39 Å². The highest BCUT2D eigenvalue weighted by Gasteiger charge is 2.45. The molecule has 0 bridgehead atoms. The summed E-state index contributed by atoms with van der Waals surface area (Å²) in [5.74, 6) is -1.35. The molecular formula is C25H20FN3O4. The van der Waals surface area contributed by atoms with E-state index >= 15 is 0 Å². The Morgan fingerprint density at radius 3 is 2.67 bits per heavy atom. The molecule has 1 amide bonds. The van der Waals surface area contributed by atoms with Crippen molar-refractivity contribution in [2.75, 3.05) is 24.8 Å². The molecular weight excluding hydrogens is 425 g/mol. The predicted octanol–water partition coefficient (Wildman–Crippen LogP) is 2.72. The van der Waals surface area contributed by atoms with Crippen LogP contribution in [-0.4, -0.2) is 46.5 Å². The number of hydrogen-bond acceptors (Lipinski definition) is 5. The third-order valence-corrected chi connectivity index (χ3v) is 6.52. The SMILES string of the molecule is O=C1c2c(O)c(=O)ccn2N([C@@H]2c3ccccc3C=Cc3cc(F)ccc32)[C@@H]2COCCN12. The molecule has 0 saturated carbocycles. The molecule has 3 aliphatic rings. The molecule has 0 unspecified atom stereocenters. The summed E-state index contributed by atoms with van der Waals surface area (Å²) in [5.41, 5.74) is 2.74. The van der Waals surface area contributed by atoms with Crippen molar-refractivity contribution in [1.29, 1.82) is 0 Å². The highest BCUT2D eigenvalue weighted by Crippen LogP contribution is 2.40. The zero-order chi connectivity index (χ0) is 22.7. The molecule has 1 aromatic heterocycles. The van der Waals surface area contributed by atoms with Gasteiger partial charge in [-0.15, -0.1) is 0 Å². The first kappa shape index (κ1) is 19.8. The van der Waals surface area contributed by atoms with Gasteiger partial charge < -0.3 is 14.7 Å². The number of ether oxygens (including phenoxy) is 1. The first-order chi connectivity index (χ1) is 16.0. The van der Waals surface area contributed by atoms with Crippen LogP contribution in [0.15, 0.2) is 59.5 Å². The van der Waals surface area contributed by atoms with E-state index in [9.17, 15) is 19.1 Å². The number of hydrogen-bond donors (Lipinski definition) is 1. The van der Waals surface area contributed by atoms with Crippen molar-refractivity contribution in [2.24, 2.45) is 0 Å². The van der Waals surface area contributed by atoms with Crippen molar-refractivity contribution in [3.05, 3.63) is 98.7 Å². The topological polar surface area (TPSA) is 75.0 Å². The summed E-state index contributed by atoms with van der Waals surface area (Å²) in [6.45, 7) is 0.935. The molecule has 2 atom stereocenters. The molecule has 1 fully saturated rings. The van der Waals surface area contributed by atoms with Gasteiger partial charge in [0, 0.05) is 18.8 Å². The van der Waals surface area contributed by atoms with Crippen molar-refractivity contribution >= 4 is 18.1 Å². The Labute approximate surface area is 188 Å². The normalized spacial score (nSPS) is 21.1. The molecule has 6 rings (SSSR count). The minimum atomic E-state index is -0.619. The number of aromatic hydroxyl groups is 1. The maximum atomic E-state index is 14.2. The van der Waals surface area contributed by atoms with Gasteiger partial charge in [-0.05, 0) is 34.4 Å². The second-order valence-electron chi connectivity index (χ2n) is 8.29. The zero-order valence-electron chi connectivity index (χ0n) is 17.5. The molecule has 1 aliphatic carbocycles. The van der Waals surface area contributed by atoms with E-state index in [0.717, 1.165) is 16.7 Å². The first-order valence-corrected chi connectivity index (χ1v) is 10.7. The van der Waals surface area contributed by atoms with Crippen LogP contribution in [0.25, 0.3) is 12.2 Å². The fourth-order valence-electron chi connectivity index (χ4n) is 5.01. The molecule has 0 spiro atoms. The predicted molar refractivity (Wildman–Crippen MR) is 120 cm³/mol. The average Bonchev–Trinajstić information content (AvgIpc) is 2.98. The summed E-state index contributed by atoms with van der Waals surface area (Å²) < 4.78 is 21.5. The number of fused-ring (bicyclic) bond motifs is 4. The maximum Gasteiger partial charge on any atom is 0.278 e. The number of morpholine rings is 1. The summed E-state index contributed by atoms with van der Waals surface area (Å²) in [6.07, 6.45) is 4.84. The van der Waals surface area contributed by atoms with E-state index in [2.05, 4.69) is 0 Å². The lowest BCUT2D eigenvalue weighted by Crippen LogP contribution is -2.66. The molecule has 8 heteroatoms. The van der Waals surface area contributed by atoms with Gasteiger partial charge in [-0.3, -0.25) is 19.3 Å². The third kappa shape index (κ3) is 2.91. The molecule has 1 N–H and O–H groups in total. The molecule has 166 valence electrons. The van der Waals surface area contributed by atoms with Gasteiger partial charge in [0.15, 0.2) is 11.4 Å². The highest BCUT2D eigenvalue weighted by molar-refractivity contribution is 5.96. The number of nitrogens with zero attached hydrogens (tertiary/aromatic N) is 3. The number of carbonyl (C=O) groups is 1. The molecule has 7 nitrogen and oxygen atoms in total. The maximum absolute atomic E-state index is 14.2. The van der Waals surface area contributed by atoms with Gasteiger partial charge in [0.1, 0.15) is 12.0 Å². The van der Waals surface area contributed by atoms with Crippen molar-refractivity contribution in [3.8, 4) is 5.75 Å². The lowest BCUT2D eigenvalue weighted by molar-refractivity contribution is -0.0197. The molecule has 3 aromatic rings. The highest BCUT2D eigenvalue weighted by atomic mass is 19.1. The summed E-state index contributed by atoms with van der Waals surface area (Å²) in [4.78, 5) is 27.2. The number of pyridine rings is 1. The molecule has 2 aromatic carbocycles. The summed E-state index contributed by atoms with van der Waals surface area (Å²) in [6, 6.07) is 13.3. The van der Waals surface area contributed by atoms with Gasteiger partial charge in [0.25, 0.3) is 5.91 Å². The Balaban J connectivity index is 1.67. The monoisotopic (exact) mass is 445 g/mol. The quantitative estimate of drug-likeness (QED) is 0.624. The third-order valence-electron chi connectivity index (χ3n) is 6.52. The van der Waals surface area contributed by atoms with E-state index in [1.54, 1.807) is 15.6 Å². The van der Waals surface area contributed by atoms with Gasteiger partial charge in [0.05, 0.1) is 19.3 Å². The van der Waals surface area contributed by atoms with Crippen LogP contribution in [0, 0.1) is 5.82 Å². The summed E-state index contributed by atoms with van der Waals surface area (Å²) in [7, 11) is 0. The van der Waals surface area contributed by atoms with Crippen LogP contribution in [0.1, 0.15) is 38.8 Å². The van der Waals surface area contributed by atoms with Crippen LogP contribution >= 0.6 is 0 Å². The lowest BCUT2D eigenvalue weighted by atomic mass is 9.92. The Hall–Kier alpha value is -3.91. The van der Waals surface area contributed by atoms with Gasteiger partial charge in [-0.1, -0.05) is 42.5 Å². The smallest absolute Gasteiger partial charge is 0.278 e. The van der Waals surface area contributed by atoms with E-state index in [1.807, 2.05) is 41.4 Å². The number of aromatic nitrogens is 1. The van der Waals surface area contributed by atoms with Gasteiger partial charge in [-0.25, -0.2) is 4.39 Å². The van der Waals surface area contributed by atoms with Gasteiger partial charge in [0.2, 0.25) is 5.43 Å². The molecule has 1 saturated heterocycles. The minimum Gasteiger partial charge on any atom is -0.502 e. The number of halogens is 1. The molecule has 2 aliphatic heterocycles. The van der Waals surface area contributed by atoms with Gasteiger partial charge >= 0.3 is 0 Å². The van der Waals surface area contributed by atoms with Crippen LogP contribution in [-0.2, 0) is 4.74 Å². The Bertz CT molecular complexity index is 1380. The van der Waals surface area contributed by atoms with Crippen molar-refractivity contribution in [3.63, 3.8) is 0 Å². The van der Waals surface area contributed by atoms with Crippen LogP contribution in [0.5, 0.6) is 5.75 Å². The van der Waals surface area contributed by atoms with Crippen LogP contribution in [0.3, 0.4) is 0 Å². The number of carbonyl (C=O) groups excluding carboxylic acids is 1. The number of benzene rings is 2. The Morgan fingerprint density at radius 1 is 1.00 bits per heavy atom. The van der Waals surface area contributed by atoms with Crippen molar-refractivity contribution in [1.82, 2.24) is 9.58 Å². The molecule has 3 heterocycles. The van der Waals surface area contributed by atoms with E-state index in [1.165, 1.54) is 24.4 Å². The number of amides is 1. The van der Waals surface area contributed by atoms with E-state index < -0.39 is 29.3 Å². The van der Waals surface area contributed by atoms with Crippen LogP contribution in [0.2, 0.25) is 0 Å². The zero-order valence-corrected chi connectivity index (χ0v) is 17.5. The van der Waals surface area contributed by atoms with E-state index in [4.69, 9.17) is 4.74 Å². The minimum absolute atomic E-state index is 0.0843. The number of rotatable bonds is 1.